The summed E-state index contributed by atoms with van der Waals surface area (Å²) in [6.45, 7) is 5.85. The number of hydrogen-bond donors (Lipinski definition) is 2. The number of aliphatic hydroxyl groups excluding tert-OH is 1. The second kappa shape index (κ2) is 11.3. The predicted molar refractivity (Wildman–Crippen MR) is 176 cm³/mol. The van der Waals surface area contributed by atoms with E-state index in [9.17, 15) is 19.5 Å². The highest BCUT2D eigenvalue weighted by Crippen LogP contribution is 2.60. The van der Waals surface area contributed by atoms with E-state index in [1.54, 1.807) is 29.0 Å². The Morgan fingerprint density at radius 3 is 2.50 bits per heavy atom. The lowest BCUT2D eigenvalue weighted by molar-refractivity contribution is -0.150. The highest BCUT2D eigenvalue weighted by molar-refractivity contribution is 6.72. The van der Waals surface area contributed by atoms with Crippen LogP contribution >= 0.6 is 0 Å². The van der Waals surface area contributed by atoms with Gasteiger partial charge in [0.1, 0.15) is 0 Å². The van der Waals surface area contributed by atoms with Crippen LogP contribution in [-0.4, -0.2) is 65.3 Å². The number of anilines is 1. The monoisotopic (exact) mass is 642 g/mol. The Morgan fingerprint density at radius 2 is 1.78 bits per heavy atom. The van der Waals surface area contributed by atoms with E-state index >= 15 is 4.11 Å². The lowest BCUT2D eigenvalue weighted by Gasteiger charge is -2.31. The molecule has 0 saturated carbocycles. The van der Waals surface area contributed by atoms with Gasteiger partial charge in [0.05, 0.1) is 54.0 Å². The fourth-order valence-corrected chi connectivity index (χ4v) is 10.7. The Kier molecular flexibility index (Phi) is 7.53. The van der Waals surface area contributed by atoms with Gasteiger partial charge in [-0.25, -0.2) is 4.68 Å². The van der Waals surface area contributed by atoms with Crippen molar-refractivity contribution in [2.24, 2.45) is 5.92 Å². The number of halogens is 1. The minimum absolute atomic E-state index is 0.0301. The molecule has 46 heavy (non-hydrogen) atoms. The van der Waals surface area contributed by atoms with Crippen LogP contribution in [-0.2, 0) is 26.5 Å². The summed E-state index contributed by atoms with van der Waals surface area (Å²) in [5.74, 6) is -0.928. The van der Waals surface area contributed by atoms with Gasteiger partial charge in [0.15, 0.2) is 5.60 Å². The molecule has 7 rings (SSSR count). The standard InChI is InChI=1S/C35H39FN4O5Si/c1-22-32(46(2,3)36)30(19-31(42)38-18-8-9-25(38)21-41)45-35(22)27-11-5-7-13-29(27)39(34(35)44)20-23-14-16-24(17-15-23)40-33(43)26-10-4-6-12-28(26)37-40/h4-7,10-17,22,25,30,32,37,41H,8-9,18-21H2,1-3H3/t22-,25-,30+,32-,35+/m0/s1. The Bertz CT molecular complexity index is 1870. The van der Waals surface area contributed by atoms with E-state index < -0.39 is 31.6 Å². The zero-order valence-corrected chi connectivity index (χ0v) is 27.3. The maximum absolute atomic E-state index is 16.2. The zero-order valence-electron chi connectivity index (χ0n) is 26.3. The first-order valence-electron chi connectivity index (χ1n) is 16.0. The summed E-state index contributed by atoms with van der Waals surface area (Å²) < 4.78 is 24.4. The summed E-state index contributed by atoms with van der Waals surface area (Å²) in [4.78, 5) is 44.4. The molecule has 240 valence electrons. The molecule has 0 unspecified atom stereocenters. The van der Waals surface area contributed by atoms with Crippen molar-refractivity contribution in [1.82, 2.24) is 14.7 Å². The molecular formula is C35H39FN4O5Si. The summed E-state index contributed by atoms with van der Waals surface area (Å²) in [5.41, 5.74) is 1.54. The number of amides is 2. The van der Waals surface area contributed by atoms with Gasteiger partial charge in [0.25, 0.3) is 11.5 Å². The molecule has 2 N–H and O–H groups in total. The van der Waals surface area contributed by atoms with Crippen LogP contribution in [0.15, 0.2) is 77.6 Å². The molecule has 4 heterocycles. The van der Waals surface area contributed by atoms with Gasteiger partial charge in [-0.3, -0.25) is 19.5 Å². The van der Waals surface area contributed by atoms with Crippen molar-refractivity contribution < 1.29 is 23.5 Å². The van der Waals surface area contributed by atoms with Crippen molar-refractivity contribution in [1.29, 1.82) is 0 Å². The number of carbonyl (C=O) groups excluding carboxylic acids is 2. The molecule has 2 amide bonds. The molecule has 4 aromatic rings. The summed E-state index contributed by atoms with van der Waals surface area (Å²) in [6.07, 6.45) is 0.759. The second-order valence-corrected chi connectivity index (χ2v) is 17.2. The second-order valence-electron chi connectivity index (χ2n) is 13.4. The van der Waals surface area contributed by atoms with Crippen molar-refractivity contribution in [3.63, 3.8) is 0 Å². The number of nitrogens with one attached hydrogen (secondary N) is 1. The maximum Gasteiger partial charge on any atom is 0.279 e. The van der Waals surface area contributed by atoms with E-state index in [1.807, 2.05) is 73.7 Å². The number of aliphatic hydroxyl groups is 1. The van der Waals surface area contributed by atoms with Gasteiger partial charge >= 0.3 is 0 Å². The first-order chi connectivity index (χ1) is 22.0. The summed E-state index contributed by atoms with van der Waals surface area (Å²) in [7, 11) is -3.43. The van der Waals surface area contributed by atoms with Gasteiger partial charge in [-0.1, -0.05) is 49.4 Å². The molecule has 9 nitrogen and oxygen atoms in total. The zero-order chi connectivity index (χ0) is 32.4. The van der Waals surface area contributed by atoms with Crippen LogP contribution in [0.4, 0.5) is 9.80 Å². The van der Waals surface area contributed by atoms with Crippen LogP contribution < -0.4 is 10.5 Å². The first kappa shape index (κ1) is 30.6. The van der Waals surface area contributed by atoms with Crippen molar-refractivity contribution in [2.75, 3.05) is 18.1 Å². The number of likely N-dealkylation sites (tertiary alicyclic amines) is 1. The Labute approximate surface area is 267 Å². The molecule has 1 spiro atoms. The topological polar surface area (TPSA) is 108 Å². The molecule has 1 aromatic heterocycles. The molecule has 0 radical (unpaired) electrons. The van der Waals surface area contributed by atoms with Crippen molar-refractivity contribution in [2.45, 2.75) is 69.1 Å². The number of fused-ring (bicyclic) bond motifs is 3. The van der Waals surface area contributed by atoms with Gasteiger partial charge in [0, 0.05) is 23.6 Å². The number of aromatic nitrogens is 2. The normalized spacial score (nSPS) is 26.1. The van der Waals surface area contributed by atoms with Crippen LogP contribution in [0.5, 0.6) is 0 Å². The number of carbonyl (C=O) groups is 2. The Balaban J connectivity index is 1.19. The number of benzene rings is 3. The molecule has 3 aromatic carbocycles. The number of H-pyrrole nitrogens is 1. The summed E-state index contributed by atoms with van der Waals surface area (Å²) in [6, 6.07) is 22.1. The minimum Gasteiger partial charge on any atom is -0.394 e. The van der Waals surface area contributed by atoms with Crippen LogP contribution in [0, 0.1) is 5.92 Å². The quantitative estimate of drug-likeness (QED) is 0.218. The SMILES string of the molecule is C[C@H]1[C@H]([Si](C)(C)F)[C@@H](CC(=O)N2CCC[C@H]2CO)O[C@]12C(=O)N(Cc1ccc(-n3[nH]c4ccccc4c3=O)cc1)c1ccccc12. The number of hydrogen-bond acceptors (Lipinski definition) is 5. The number of rotatable bonds is 7. The third-order valence-corrected chi connectivity index (χ3v) is 12.7. The molecule has 2 saturated heterocycles. The van der Waals surface area contributed by atoms with E-state index in [1.165, 1.54) is 4.68 Å². The lowest BCUT2D eigenvalue weighted by Crippen LogP contribution is -2.45. The number of aromatic amines is 1. The van der Waals surface area contributed by atoms with Crippen LogP contribution in [0.25, 0.3) is 16.6 Å². The van der Waals surface area contributed by atoms with Crippen LogP contribution in [0.3, 0.4) is 0 Å². The minimum atomic E-state index is -3.43. The van der Waals surface area contributed by atoms with Gasteiger partial charge < -0.3 is 23.8 Å². The third kappa shape index (κ3) is 4.75. The molecule has 2 fully saturated rings. The molecule has 5 atom stereocenters. The van der Waals surface area contributed by atoms with Crippen LogP contribution in [0.2, 0.25) is 18.6 Å². The molecular weight excluding hydrogens is 603 g/mol. The van der Waals surface area contributed by atoms with Crippen molar-refractivity contribution in [3.05, 3.63) is 94.3 Å². The van der Waals surface area contributed by atoms with Gasteiger partial charge in [-0.2, -0.15) is 0 Å². The Hall–Kier alpha value is -4.06. The average molecular weight is 643 g/mol. The van der Waals surface area contributed by atoms with Gasteiger partial charge in [-0.05, 0) is 61.8 Å². The number of para-hydroxylation sites is 2. The largest absolute Gasteiger partial charge is 0.394 e. The van der Waals surface area contributed by atoms with Crippen LogP contribution in [0.1, 0.15) is 37.3 Å². The van der Waals surface area contributed by atoms with Crippen molar-refractivity contribution >= 4 is 36.8 Å². The van der Waals surface area contributed by atoms with E-state index in [0.717, 1.165) is 23.9 Å². The van der Waals surface area contributed by atoms with E-state index in [2.05, 4.69) is 5.10 Å². The first-order valence-corrected chi connectivity index (χ1v) is 19.0. The molecule has 3 aliphatic rings. The molecule has 3 aliphatic heterocycles. The third-order valence-electron chi connectivity index (χ3n) is 10.3. The van der Waals surface area contributed by atoms with Gasteiger partial charge in [0.2, 0.25) is 14.3 Å². The predicted octanol–water partition coefficient (Wildman–Crippen LogP) is 5.01. The highest BCUT2D eigenvalue weighted by atomic mass is 28.4. The average Bonchev–Trinajstić information content (AvgIpc) is 3.78. The fraction of sp³-hybridized carbons (Fsp3) is 0.400. The lowest BCUT2D eigenvalue weighted by atomic mass is 9.82. The number of ether oxygens (including phenoxy) is 1. The molecule has 0 aliphatic carbocycles. The molecule has 11 heteroatoms. The Morgan fingerprint density at radius 1 is 1.07 bits per heavy atom. The smallest absolute Gasteiger partial charge is 0.279 e. The van der Waals surface area contributed by atoms with Gasteiger partial charge in [-0.15, -0.1) is 0 Å². The summed E-state index contributed by atoms with van der Waals surface area (Å²) >= 11 is 0. The molecule has 0 bridgehead atoms. The fourth-order valence-electron chi connectivity index (χ4n) is 8.18. The van der Waals surface area contributed by atoms with E-state index in [-0.39, 0.29) is 43.0 Å². The maximum atomic E-state index is 16.2. The van der Waals surface area contributed by atoms with E-state index in [0.29, 0.717) is 28.9 Å². The van der Waals surface area contributed by atoms with E-state index in [4.69, 9.17) is 4.74 Å². The summed E-state index contributed by atoms with van der Waals surface area (Å²) in [5, 5.41) is 13.6. The van der Waals surface area contributed by atoms with Crippen molar-refractivity contribution in [3.8, 4) is 5.69 Å². The number of nitrogens with zero attached hydrogens (tertiary/aromatic N) is 3. The highest BCUT2D eigenvalue weighted by Gasteiger charge is 2.67.